The van der Waals surface area contributed by atoms with Crippen LogP contribution in [0.2, 0.25) is 0 Å². The number of aryl methyl sites for hydroxylation is 1. The number of aromatic nitrogens is 2. The Hall–Kier alpha value is -2.41. The molecule has 0 bridgehead atoms. The van der Waals surface area contributed by atoms with Gasteiger partial charge in [-0.25, -0.2) is 9.97 Å². The van der Waals surface area contributed by atoms with Gasteiger partial charge in [-0.1, -0.05) is 30.3 Å². The first kappa shape index (κ1) is 13.0. The molecule has 4 heteroatoms. The molecule has 1 aromatic carbocycles. The lowest BCUT2D eigenvalue weighted by Gasteiger charge is -2.23. The van der Waals surface area contributed by atoms with Crippen molar-refractivity contribution in [2.75, 3.05) is 11.4 Å². The molecule has 0 aliphatic rings. The highest BCUT2D eigenvalue weighted by molar-refractivity contribution is 5.53. The molecule has 4 nitrogen and oxygen atoms in total. The maximum atomic E-state index is 9.16. The van der Waals surface area contributed by atoms with Crippen LogP contribution < -0.4 is 4.90 Å². The van der Waals surface area contributed by atoms with Gasteiger partial charge in [0.15, 0.2) is 5.82 Å². The number of hydrogen-bond donors (Lipinski definition) is 0. The average molecular weight is 252 g/mol. The van der Waals surface area contributed by atoms with E-state index in [0.717, 1.165) is 13.1 Å². The van der Waals surface area contributed by atoms with Crippen molar-refractivity contribution in [3.63, 3.8) is 0 Å². The van der Waals surface area contributed by atoms with E-state index in [2.05, 4.69) is 40.0 Å². The first-order valence-corrected chi connectivity index (χ1v) is 6.27. The number of hydrogen-bond acceptors (Lipinski definition) is 4. The summed E-state index contributed by atoms with van der Waals surface area (Å²) in [4.78, 5) is 10.6. The lowest BCUT2D eigenvalue weighted by Crippen LogP contribution is -2.24. The van der Waals surface area contributed by atoms with Crippen molar-refractivity contribution in [2.24, 2.45) is 0 Å². The molecule has 1 aromatic heterocycles. The standard InChI is InChI=1S/C15H16N4/c1-3-19(11-13-7-5-4-6-8-13)15-14(9-16)10-17-12(2)18-15/h4-8,10H,3,11H2,1-2H3. The second-order valence-electron chi connectivity index (χ2n) is 4.27. The smallest absolute Gasteiger partial charge is 0.150 e. The Morgan fingerprint density at radius 3 is 2.63 bits per heavy atom. The van der Waals surface area contributed by atoms with Gasteiger partial charge in [0.2, 0.25) is 0 Å². The summed E-state index contributed by atoms with van der Waals surface area (Å²) in [6, 6.07) is 12.3. The topological polar surface area (TPSA) is 52.8 Å². The van der Waals surface area contributed by atoms with Gasteiger partial charge >= 0.3 is 0 Å². The summed E-state index contributed by atoms with van der Waals surface area (Å²) in [6.07, 6.45) is 1.59. The fourth-order valence-corrected chi connectivity index (χ4v) is 1.92. The molecule has 0 spiro atoms. The van der Waals surface area contributed by atoms with Crippen molar-refractivity contribution in [2.45, 2.75) is 20.4 Å². The SMILES string of the molecule is CCN(Cc1ccccc1)c1nc(C)ncc1C#N. The van der Waals surface area contributed by atoms with Gasteiger partial charge in [0.05, 0.1) is 6.20 Å². The molecule has 0 amide bonds. The third-order valence-electron chi connectivity index (χ3n) is 2.91. The summed E-state index contributed by atoms with van der Waals surface area (Å²) in [6.45, 7) is 5.42. The van der Waals surface area contributed by atoms with E-state index in [1.54, 1.807) is 6.20 Å². The lowest BCUT2D eigenvalue weighted by atomic mass is 10.2. The maximum Gasteiger partial charge on any atom is 0.150 e. The highest BCUT2D eigenvalue weighted by Crippen LogP contribution is 2.18. The normalized spacial score (nSPS) is 9.95. The molecule has 0 fully saturated rings. The summed E-state index contributed by atoms with van der Waals surface area (Å²) in [7, 11) is 0. The summed E-state index contributed by atoms with van der Waals surface area (Å²) in [5, 5.41) is 9.16. The Kier molecular flexibility index (Phi) is 4.09. The monoisotopic (exact) mass is 252 g/mol. The zero-order chi connectivity index (χ0) is 13.7. The first-order chi connectivity index (χ1) is 9.24. The molecule has 0 aliphatic heterocycles. The Morgan fingerprint density at radius 1 is 1.26 bits per heavy atom. The molecule has 0 unspecified atom stereocenters. The molecular formula is C15H16N4. The third-order valence-corrected chi connectivity index (χ3v) is 2.91. The minimum Gasteiger partial charge on any atom is -0.351 e. The van der Waals surface area contributed by atoms with Gasteiger partial charge in [0.25, 0.3) is 0 Å². The predicted molar refractivity (Wildman–Crippen MR) is 74.7 cm³/mol. The first-order valence-electron chi connectivity index (χ1n) is 6.27. The summed E-state index contributed by atoms with van der Waals surface area (Å²) >= 11 is 0. The van der Waals surface area contributed by atoms with Crippen LogP contribution in [0.5, 0.6) is 0 Å². The van der Waals surface area contributed by atoms with Crippen LogP contribution in [0, 0.1) is 18.3 Å². The summed E-state index contributed by atoms with van der Waals surface area (Å²) < 4.78 is 0. The number of benzene rings is 1. The van der Waals surface area contributed by atoms with Crippen LogP contribution in [0.4, 0.5) is 5.82 Å². The third kappa shape index (κ3) is 3.08. The van der Waals surface area contributed by atoms with Gasteiger partial charge < -0.3 is 4.90 Å². The van der Waals surface area contributed by atoms with Crippen LogP contribution in [0.1, 0.15) is 23.9 Å². The van der Waals surface area contributed by atoms with Crippen LogP contribution in [0.25, 0.3) is 0 Å². The highest BCUT2D eigenvalue weighted by Gasteiger charge is 2.12. The van der Waals surface area contributed by atoms with Crippen molar-refractivity contribution in [1.82, 2.24) is 9.97 Å². The minimum absolute atomic E-state index is 0.517. The van der Waals surface area contributed by atoms with E-state index in [0.29, 0.717) is 17.2 Å². The van der Waals surface area contributed by atoms with Gasteiger partial charge in [0, 0.05) is 13.1 Å². The van der Waals surface area contributed by atoms with Crippen LogP contribution in [-0.2, 0) is 6.54 Å². The number of anilines is 1. The van der Waals surface area contributed by atoms with Crippen molar-refractivity contribution in [1.29, 1.82) is 5.26 Å². The van der Waals surface area contributed by atoms with Crippen LogP contribution in [0.3, 0.4) is 0 Å². The fourth-order valence-electron chi connectivity index (χ4n) is 1.92. The lowest BCUT2D eigenvalue weighted by molar-refractivity contribution is 0.802. The zero-order valence-electron chi connectivity index (χ0n) is 11.2. The zero-order valence-corrected chi connectivity index (χ0v) is 11.2. The molecule has 0 saturated heterocycles. The number of nitrogens with zero attached hydrogens (tertiary/aromatic N) is 4. The molecule has 2 aromatic rings. The van der Waals surface area contributed by atoms with Crippen LogP contribution in [-0.4, -0.2) is 16.5 Å². The van der Waals surface area contributed by atoms with Crippen LogP contribution >= 0.6 is 0 Å². The van der Waals surface area contributed by atoms with Gasteiger partial charge in [-0.15, -0.1) is 0 Å². The molecule has 0 saturated carbocycles. The summed E-state index contributed by atoms with van der Waals surface area (Å²) in [5.41, 5.74) is 1.72. The molecule has 2 rings (SSSR count). The predicted octanol–water partition coefficient (Wildman–Crippen LogP) is 2.68. The van der Waals surface area contributed by atoms with Crippen molar-refractivity contribution in [3.8, 4) is 6.07 Å². The van der Waals surface area contributed by atoms with E-state index in [1.165, 1.54) is 5.56 Å². The molecular weight excluding hydrogens is 236 g/mol. The molecule has 19 heavy (non-hydrogen) atoms. The van der Waals surface area contributed by atoms with Gasteiger partial charge in [0.1, 0.15) is 17.5 Å². The average Bonchev–Trinajstić information content (AvgIpc) is 2.46. The Bertz CT molecular complexity index is 587. The molecule has 0 radical (unpaired) electrons. The van der Waals surface area contributed by atoms with E-state index >= 15 is 0 Å². The molecule has 0 N–H and O–H groups in total. The van der Waals surface area contributed by atoms with Crippen molar-refractivity contribution >= 4 is 5.82 Å². The van der Waals surface area contributed by atoms with Gasteiger partial charge in [-0.2, -0.15) is 5.26 Å². The number of nitriles is 1. The van der Waals surface area contributed by atoms with Crippen molar-refractivity contribution in [3.05, 3.63) is 53.5 Å². The van der Waals surface area contributed by atoms with E-state index in [9.17, 15) is 0 Å². The largest absolute Gasteiger partial charge is 0.351 e. The quantitative estimate of drug-likeness (QED) is 0.839. The minimum atomic E-state index is 0.517. The fraction of sp³-hybridized carbons (Fsp3) is 0.267. The second kappa shape index (κ2) is 5.96. The summed E-state index contributed by atoms with van der Waals surface area (Å²) in [5.74, 6) is 1.39. The van der Waals surface area contributed by atoms with Gasteiger partial charge in [-0.05, 0) is 19.4 Å². The highest BCUT2D eigenvalue weighted by atomic mass is 15.2. The molecule has 0 atom stereocenters. The van der Waals surface area contributed by atoms with E-state index < -0.39 is 0 Å². The van der Waals surface area contributed by atoms with E-state index in [1.807, 2.05) is 25.1 Å². The van der Waals surface area contributed by atoms with Crippen molar-refractivity contribution < 1.29 is 0 Å². The number of rotatable bonds is 4. The Balaban J connectivity index is 2.32. The second-order valence-corrected chi connectivity index (χ2v) is 4.27. The van der Waals surface area contributed by atoms with Crippen LogP contribution in [0.15, 0.2) is 36.5 Å². The molecule has 96 valence electrons. The Morgan fingerprint density at radius 2 is 2.00 bits per heavy atom. The maximum absolute atomic E-state index is 9.16. The van der Waals surface area contributed by atoms with E-state index in [-0.39, 0.29) is 0 Å². The molecule has 0 aliphatic carbocycles. The Labute approximate surface area is 113 Å². The van der Waals surface area contributed by atoms with Gasteiger partial charge in [-0.3, -0.25) is 0 Å². The molecule has 1 heterocycles. The van der Waals surface area contributed by atoms with E-state index in [4.69, 9.17) is 5.26 Å².